The molecular weight excluding hydrogens is 274 g/mol. The van der Waals surface area contributed by atoms with E-state index in [0.29, 0.717) is 0 Å². The van der Waals surface area contributed by atoms with Crippen LogP contribution in [0.5, 0.6) is 0 Å². The lowest BCUT2D eigenvalue weighted by molar-refractivity contribution is -0.384. The Kier molecular flexibility index (Phi) is 4.11. The van der Waals surface area contributed by atoms with Gasteiger partial charge in [0.2, 0.25) is 5.82 Å². The summed E-state index contributed by atoms with van der Waals surface area (Å²) in [5.41, 5.74) is -0.0386. The van der Waals surface area contributed by atoms with E-state index in [2.05, 4.69) is 28.9 Å². The molecule has 1 N–H and O–H groups in total. The van der Waals surface area contributed by atoms with Gasteiger partial charge in [0.1, 0.15) is 0 Å². The van der Waals surface area contributed by atoms with Crippen LogP contribution in [-0.2, 0) is 4.74 Å². The van der Waals surface area contributed by atoms with Crippen LogP contribution in [0, 0.1) is 15.5 Å². The first-order valence-electron chi connectivity index (χ1n) is 6.85. The zero-order chi connectivity index (χ0) is 15.6. The van der Waals surface area contributed by atoms with Gasteiger partial charge in [-0.15, -0.1) is 0 Å². The molecule has 21 heavy (non-hydrogen) atoms. The lowest BCUT2D eigenvalue weighted by atomic mass is 9.87. The van der Waals surface area contributed by atoms with Crippen molar-refractivity contribution >= 4 is 17.5 Å². The average molecular weight is 293 g/mol. The molecule has 1 heterocycles. The number of ether oxygens (including phenoxy) is 1. The Labute approximate surface area is 122 Å². The molecule has 1 aromatic heterocycles. The van der Waals surface area contributed by atoms with Gasteiger partial charge in [-0.2, -0.15) is 0 Å². The van der Waals surface area contributed by atoms with Gasteiger partial charge in [0, 0.05) is 12.1 Å². The molecular formula is C14H19N3O4. The number of esters is 1. The molecule has 1 aliphatic rings. The first-order chi connectivity index (χ1) is 9.85. The summed E-state index contributed by atoms with van der Waals surface area (Å²) in [5, 5.41) is 14.3. The van der Waals surface area contributed by atoms with Crippen LogP contribution in [0.2, 0.25) is 0 Å². The molecule has 0 saturated heterocycles. The third-order valence-electron chi connectivity index (χ3n) is 4.03. The van der Waals surface area contributed by atoms with Crippen LogP contribution in [0.3, 0.4) is 0 Å². The monoisotopic (exact) mass is 293 g/mol. The minimum absolute atomic E-state index is 0.0385. The summed E-state index contributed by atoms with van der Waals surface area (Å²) in [6.07, 6.45) is 3.04. The fourth-order valence-corrected chi connectivity index (χ4v) is 2.68. The van der Waals surface area contributed by atoms with Gasteiger partial charge in [0.15, 0.2) is 5.69 Å². The summed E-state index contributed by atoms with van der Waals surface area (Å²) in [5.74, 6) is -0.485. The predicted octanol–water partition coefficient (Wildman–Crippen LogP) is 2.77. The van der Waals surface area contributed by atoms with Crippen molar-refractivity contribution in [1.29, 1.82) is 0 Å². The Morgan fingerprint density at radius 1 is 1.52 bits per heavy atom. The molecule has 0 bridgehead atoms. The molecule has 1 atom stereocenters. The maximum atomic E-state index is 11.5. The smallest absolute Gasteiger partial charge is 0.356 e. The zero-order valence-corrected chi connectivity index (χ0v) is 12.4. The van der Waals surface area contributed by atoms with Gasteiger partial charge >= 0.3 is 11.7 Å². The van der Waals surface area contributed by atoms with Crippen molar-refractivity contribution < 1.29 is 14.5 Å². The number of nitro groups is 1. The number of anilines is 1. The third-order valence-corrected chi connectivity index (χ3v) is 4.03. The lowest BCUT2D eigenvalue weighted by Gasteiger charge is -2.28. The van der Waals surface area contributed by atoms with Gasteiger partial charge in [0.05, 0.1) is 12.0 Å². The van der Waals surface area contributed by atoms with Crippen molar-refractivity contribution in [3.8, 4) is 0 Å². The Hall–Kier alpha value is -2.18. The SMILES string of the molecule is COC(=O)c1ccc([N+](=O)[O-])c(NC2CCCC2(C)C)n1. The fourth-order valence-electron chi connectivity index (χ4n) is 2.68. The molecule has 1 aromatic rings. The number of methoxy groups -OCH3 is 1. The van der Waals surface area contributed by atoms with E-state index in [4.69, 9.17) is 0 Å². The number of aromatic nitrogens is 1. The molecule has 0 aliphatic heterocycles. The van der Waals surface area contributed by atoms with Crippen LogP contribution < -0.4 is 5.32 Å². The first-order valence-corrected chi connectivity index (χ1v) is 6.85. The van der Waals surface area contributed by atoms with E-state index < -0.39 is 10.9 Å². The number of hydrogen-bond acceptors (Lipinski definition) is 6. The molecule has 1 aliphatic carbocycles. The van der Waals surface area contributed by atoms with Crippen molar-refractivity contribution in [3.63, 3.8) is 0 Å². The van der Waals surface area contributed by atoms with Crippen LogP contribution in [0.4, 0.5) is 11.5 Å². The largest absolute Gasteiger partial charge is 0.464 e. The maximum absolute atomic E-state index is 11.5. The quantitative estimate of drug-likeness (QED) is 0.521. The van der Waals surface area contributed by atoms with Gasteiger partial charge in [-0.25, -0.2) is 9.78 Å². The van der Waals surface area contributed by atoms with Crippen LogP contribution in [0.15, 0.2) is 12.1 Å². The number of rotatable bonds is 4. The van der Waals surface area contributed by atoms with Gasteiger partial charge in [0.25, 0.3) is 0 Å². The highest BCUT2D eigenvalue weighted by Gasteiger charge is 2.36. The molecule has 0 amide bonds. The van der Waals surface area contributed by atoms with Crippen LogP contribution in [-0.4, -0.2) is 29.0 Å². The second-order valence-electron chi connectivity index (χ2n) is 5.89. The molecule has 7 heteroatoms. The Balaban J connectivity index is 2.35. The maximum Gasteiger partial charge on any atom is 0.356 e. The number of hydrogen-bond donors (Lipinski definition) is 1. The lowest BCUT2D eigenvalue weighted by Crippen LogP contribution is -2.31. The van der Waals surface area contributed by atoms with E-state index in [1.54, 1.807) is 0 Å². The van der Waals surface area contributed by atoms with E-state index in [1.165, 1.54) is 19.2 Å². The molecule has 0 radical (unpaired) electrons. The molecule has 1 saturated carbocycles. The molecule has 0 spiro atoms. The van der Waals surface area contributed by atoms with E-state index >= 15 is 0 Å². The first kappa shape index (κ1) is 15.2. The highest BCUT2D eigenvalue weighted by Crippen LogP contribution is 2.39. The van der Waals surface area contributed by atoms with Crippen molar-refractivity contribution in [2.75, 3.05) is 12.4 Å². The Bertz CT molecular complexity index is 571. The normalized spacial score (nSPS) is 20.0. The number of carbonyl (C=O) groups excluding carboxylic acids is 1. The van der Waals surface area contributed by atoms with E-state index in [9.17, 15) is 14.9 Å². The second-order valence-corrected chi connectivity index (χ2v) is 5.89. The number of pyridine rings is 1. The van der Waals surface area contributed by atoms with Crippen molar-refractivity contribution in [1.82, 2.24) is 4.98 Å². The summed E-state index contributed by atoms with van der Waals surface area (Å²) in [6.45, 7) is 4.24. The number of carbonyl (C=O) groups is 1. The third kappa shape index (κ3) is 3.12. The predicted molar refractivity (Wildman–Crippen MR) is 77.3 cm³/mol. The molecule has 1 fully saturated rings. The highest BCUT2D eigenvalue weighted by molar-refractivity contribution is 5.88. The Morgan fingerprint density at radius 3 is 2.76 bits per heavy atom. The summed E-state index contributed by atoms with van der Waals surface area (Å²) >= 11 is 0. The minimum Gasteiger partial charge on any atom is -0.464 e. The van der Waals surface area contributed by atoms with Gasteiger partial charge in [-0.3, -0.25) is 10.1 Å². The molecule has 7 nitrogen and oxygen atoms in total. The van der Waals surface area contributed by atoms with Gasteiger partial charge < -0.3 is 10.1 Å². The van der Waals surface area contributed by atoms with Crippen molar-refractivity contribution in [2.45, 2.75) is 39.2 Å². The van der Waals surface area contributed by atoms with Crippen LogP contribution in [0.1, 0.15) is 43.6 Å². The Morgan fingerprint density at radius 2 is 2.24 bits per heavy atom. The van der Waals surface area contributed by atoms with Crippen molar-refractivity contribution in [3.05, 3.63) is 27.9 Å². The van der Waals surface area contributed by atoms with Crippen LogP contribution in [0.25, 0.3) is 0 Å². The standard InChI is InChI=1S/C14H19N3O4/c1-14(2)8-4-5-11(14)16-12-10(17(19)20)7-6-9(15-12)13(18)21-3/h6-7,11H,4-5,8H2,1-3H3,(H,15,16). The highest BCUT2D eigenvalue weighted by atomic mass is 16.6. The summed E-state index contributed by atoms with van der Waals surface area (Å²) < 4.78 is 4.60. The average Bonchev–Trinajstić information content (AvgIpc) is 2.76. The summed E-state index contributed by atoms with van der Waals surface area (Å²) in [4.78, 5) is 26.2. The number of nitrogens with one attached hydrogen (secondary N) is 1. The van der Waals surface area contributed by atoms with Crippen LogP contribution >= 0.6 is 0 Å². The molecule has 114 valence electrons. The van der Waals surface area contributed by atoms with E-state index in [1.807, 2.05) is 0 Å². The topological polar surface area (TPSA) is 94.4 Å². The van der Waals surface area contributed by atoms with Gasteiger partial charge in [-0.1, -0.05) is 20.3 Å². The number of nitrogens with zero attached hydrogens (tertiary/aromatic N) is 2. The second kappa shape index (κ2) is 5.67. The molecule has 1 unspecified atom stereocenters. The molecule has 2 rings (SSSR count). The summed E-state index contributed by atoms with van der Waals surface area (Å²) in [6, 6.07) is 2.68. The minimum atomic E-state index is -0.612. The fraction of sp³-hybridized carbons (Fsp3) is 0.571. The zero-order valence-electron chi connectivity index (χ0n) is 12.4. The van der Waals surface area contributed by atoms with E-state index in [0.717, 1.165) is 19.3 Å². The van der Waals surface area contributed by atoms with Crippen molar-refractivity contribution in [2.24, 2.45) is 5.41 Å². The van der Waals surface area contributed by atoms with Gasteiger partial charge in [-0.05, 0) is 24.3 Å². The summed E-state index contributed by atoms with van der Waals surface area (Å²) in [7, 11) is 1.25. The molecule has 0 aromatic carbocycles. The van der Waals surface area contributed by atoms with E-state index in [-0.39, 0.29) is 28.7 Å².